The van der Waals surface area contributed by atoms with Crippen molar-refractivity contribution in [1.29, 1.82) is 0 Å². The molecule has 2 unspecified atom stereocenters. The smallest absolute Gasteiger partial charge is 0.279 e. The van der Waals surface area contributed by atoms with E-state index in [0.29, 0.717) is 36.3 Å². The van der Waals surface area contributed by atoms with Crippen LogP contribution in [0.5, 0.6) is 0 Å². The minimum absolute atomic E-state index is 0.148. The van der Waals surface area contributed by atoms with Gasteiger partial charge < -0.3 is 4.57 Å². The summed E-state index contributed by atoms with van der Waals surface area (Å²) in [6.45, 7) is 7.86. The lowest BCUT2D eigenvalue weighted by molar-refractivity contribution is 0.0997. The van der Waals surface area contributed by atoms with Crippen molar-refractivity contribution in [3.8, 4) is 0 Å². The first-order valence-electron chi connectivity index (χ1n) is 10.6. The molecule has 8 heteroatoms. The highest BCUT2D eigenvalue weighted by atomic mass is 32.2. The highest BCUT2D eigenvalue weighted by Crippen LogP contribution is 2.27. The molecule has 6 nitrogen and oxygen atoms in total. The van der Waals surface area contributed by atoms with Crippen LogP contribution in [0.2, 0.25) is 0 Å². The fraction of sp³-hybridized carbons (Fsp3) is 0.391. The van der Waals surface area contributed by atoms with Crippen LogP contribution in [0.3, 0.4) is 0 Å². The predicted molar refractivity (Wildman–Crippen MR) is 124 cm³/mol. The molecule has 1 aliphatic heterocycles. The molecule has 3 aromatic rings. The third-order valence-electron chi connectivity index (χ3n) is 5.66. The molecule has 164 valence electrons. The summed E-state index contributed by atoms with van der Waals surface area (Å²) in [5.74, 6) is 0.192. The van der Waals surface area contributed by atoms with Gasteiger partial charge >= 0.3 is 0 Å². The normalized spacial score (nSPS) is 20.9. The number of hydrogen-bond donors (Lipinski definition) is 0. The summed E-state index contributed by atoms with van der Waals surface area (Å²) in [6, 6.07) is 14.2. The van der Waals surface area contributed by atoms with E-state index in [-0.39, 0.29) is 10.5 Å². The first-order valence-corrected chi connectivity index (χ1v) is 12.8. The summed E-state index contributed by atoms with van der Waals surface area (Å²) in [5.41, 5.74) is 1.31. The van der Waals surface area contributed by atoms with Crippen molar-refractivity contribution < 1.29 is 13.2 Å². The molecule has 1 fully saturated rings. The van der Waals surface area contributed by atoms with Crippen LogP contribution in [-0.4, -0.2) is 36.3 Å². The summed E-state index contributed by atoms with van der Waals surface area (Å²) in [4.78, 5) is 18.0. The van der Waals surface area contributed by atoms with E-state index in [2.05, 4.69) is 18.8 Å². The maximum atomic E-state index is 13.2. The molecule has 2 atom stereocenters. The Morgan fingerprint density at radius 2 is 1.81 bits per heavy atom. The molecule has 0 aliphatic carbocycles. The van der Waals surface area contributed by atoms with Gasteiger partial charge in [0.25, 0.3) is 5.91 Å². The Bertz CT molecular complexity index is 1280. The van der Waals surface area contributed by atoms with Crippen molar-refractivity contribution in [3.63, 3.8) is 0 Å². The van der Waals surface area contributed by atoms with Gasteiger partial charge in [0.15, 0.2) is 4.80 Å². The number of fused-ring (bicyclic) bond motifs is 1. The molecule has 1 aromatic heterocycles. The van der Waals surface area contributed by atoms with Crippen molar-refractivity contribution in [2.75, 3.05) is 13.1 Å². The zero-order valence-electron chi connectivity index (χ0n) is 18.0. The van der Waals surface area contributed by atoms with Crippen molar-refractivity contribution in [1.82, 2.24) is 8.87 Å². The Labute approximate surface area is 186 Å². The molecule has 1 saturated heterocycles. The number of sulfonamides is 1. The van der Waals surface area contributed by atoms with E-state index in [1.54, 1.807) is 22.5 Å². The van der Waals surface area contributed by atoms with Crippen LogP contribution in [0.4, 0.5) is 0 Å². The SMILES string of the molecule is CCn1c(=NC(=O)c2cccc(S(=O)(=O)N3CC(C)CC(C)C3)c2)sc2ccccc21. The number of benzene rings is 2. The first kappa shape index (κ1) is 21.9. The van der Waals surface area contributed by atoms with Crippen molar-refractivity contribution in [2.45, 2.75) is 38.6 Å². The Morgan fingerprint density at radius 3 is 2.52 bits per heavy atom. The molecule has 2 heterocycles. The number of hydrogen-bond acceptors (Lipinski definition) is 4. The zero-order chi connectivity index (χ0) is 22.2. The van der Waals surface area contributed by atoms with Crippen molar-refractivity contribution in [2.24, 2.45) is 16.8 Å². The summed E-state index contributed by atoms with van der Waals surface area (Å²) in [5, 5.41) is 0. The van der Waals surface area contributed by atoms with Crippen LogP contribution in [0.1, 0.15) is 37.6 Å². The predicted octanol–water partition coefficient (Wildman–Crippen LogP) is 4.13. The van der Waals surface area contributed by atoms with Crippen LogP contribution in [0.15, 0.2) is 58.4 Å². The van der Waals surface area contributed by atoms with Crippen molar-refractivity contribution >= 4 is 37.5 Å². The summed E-state index contributed by atoms with van der Waals surface area (Å²) >= 11 is 1.45. The number of para-hydroxylation sites is 1. The number of aromatic nitrogens is 1. The van der Waals surface area contributed by atoms with Gasteiger partial charge in [0.05, 0.1) is 15.1 Å². The van der Waals surface area contributed by atoms with Crippen LogP contribution in [-0.2, 0) is 16.6 Å². The van der Waals surface area contributed by atoms with Gasteiger partial charge in [-0.1, -0.05) is 43.4 Å². The molecule has 0 spiro atoms. The third-order valence-corrected chi connectivity index (χ3v) is 8.54. The Morgan fingerprint density at radius 1 is 1.10 bits per heavy atom. The van der Waals surface area contributed by atoms with E-state index >= 15 is 0 Å². The third kappa shape index (κ3) is 4.37. The largest absolute Gasteiger partial charge is 0.317 e. The molecule has 0 radical (unpaired) electrons. The lowest BCUT2D eigenvalue weighted by atomic mass is 9.94. The van der Waals surface area contributed by atoms with Crippen LogP contribution in [0.25, 0.3) is 10.2 Å². The molecule has 4 rings (SSSR count). The van der Waals surface area contributed by atoms with Crippen LogP contribution in [0, 0.1) is 11.8 Å². The molecular weight excluding hydrogens is 430 g/mol. The maximum absolute atomic E-state index is 13.2. The van der Waals surface area contributed by atoms with Gasteiger partial charge in [-0.15, -0.1) is 0 Å². The fourth-order valence-electron chi connectivity index (χ4n) is 4.30. The average molecular weight is 458 g/mol. The van der Waals surface area contributed by atoms with E-state index in [1.165, 1.54) is 17.4 Å². The molecule has 0 bridgehead atoms. The zero-order valence-corrected chi connectivity index (χ0v) is 19.6. The maximum Gasteiger partial charge on any atom is 0.279 e. The number of nitrogens with zero attached hydrogens (tertiary/aromatic N) is 3. The fourth-order valence-corrected chi connectivity index (χ4v) is 7.12. The minimum atomic E-state index is -3.65. The second-order valence-corrected chi connectivity index (χ2v) is 11.3. The number of carbonyl (C=O) groups excluding carboxylic acids is 1. The number of aryl methyl sites for hydroxylation is 1. The van der Waals surface area contributed by atoms with Gasteiger partial charge in [-0.25, -0.2) is 8.42 Å². The number of thiazole rings is 1. The second-order valence-electron chi connectivity index (χ2n) is 8.31. The van der Waals surface area contributed by atoms with Gasteiger partial charge in [-0.2, -0.15) is 9.30 Å². The van der Waals surface area contributed by atoms with Gasteiger partial charge in [0, 0.05) is 25.2 Å². The highest BCUT2D eigenvalue weighted by molar-refractivity contribution is 7.89. The lowest BCUT2D eigenvalue weighted by Crippen LogP contribution is -2.42. The monoisotopic (exact) mass is 457 g/mol. The first-order chi connectivity index (χ1) is 14.8. The number of rotatable bonds is 4. The topological polar surface area (TPSA) is 71.7 Å². The van der Waals surface area contributed by atoms with E-state index in [4.69, 9.17) is 0 Å². The molecule has 2 aromatic carbocycles. The minimum Gasteiger partial charge on any atom is -0.317 e. The standard InChI is InChI=1S/C23H27N3O3S2/c1-4-26-20-10-5-6-11-21(20)30-23(26)24-22(27)18-8-7-9-19(13-18)31(28,29)25-14-16(2)12-17(3)15-25/h5-11,13,16-17H,4,12,14-15H2,1-3H3. The number of carbonyl (C=O) groups is 1. The molecule has 0 N–H and O–H groups in total. The Hall–Kier alpha value is -2.29. The second kappa shape index (κ2) is 8.68. The molecular formula is C23H27N3O3S2. The Balaban J connectivity index is 1.69. The summed E-state index contributed by atoms with van der Waals surface area (Å²) in [6.07, 6.45) is 1.02. The quantitative estimate of drug-likeness (QED) is 0.591. The molecule has 1 aliphatic rings. The summed E-state index contributed by atoms with van der Waals surface area (Å²) in [7, 11) is -3.65. The van der Waals surface area contributed by atoms with E-state index < -0.39 is 15.9 Å². The lowest BCUT2D eigenvalue weighted by Gasteiger charge is -2.34. The average Bonchev–Trinajstić information content (AvgIpc) is 3.10. The van der Waals surface area contributed by atoms with E-state index in [9.17, 15) is 13.2 Å². The van der Waals surface area contributed by atoms with Gasteiger partial charge in [0.2, 0.25) is 10.0 Å². The molecule has 31 heavy (non-hydrogen) atoms. The molecule has 1 amide bonds. The summed E-state index contributed by atoms with van der Waals surface area (Å²) < 4.78 is 31.0. The van der Waals surface area contributed by atoms with E-state index in [0.717, 1.165) is 16.6 Å². The van der Waals surface area contributed by atoms with E-state index in [1.807, 2.05) is 35.8 Å². The highest BCUT2D eigenvalue weighted by Gasteiger charge is 2.32. The van der Waals surface area contributed by atoms with Gasteiger partial charge in [-0.05, 0) is 55.5 Å². The van der Waals surface area contributed by atoms with Gasteiger partial charge in [-0.3, -0.25) is 4.79 Å². The van der Waals surface area contributed by atoms with Gasteiger partial charge in [0.1, 0.15) is 0 Å². The number of amides is 1. The Kier molecular flexibility index (Phi) is 6.14. The molecule has 0 saturated carbocycles. The number of piperidine rings is 1. The van der Waals surface area contributed by atoms with Crippen LogP contribution >= 0.6 is 11.3 Å². The van der Waals surface area contributed by atoms with Crippen LogP contribution < -0.4 is 4.80 Å². The van der Waals surface area contributed by atoms with Crippen molar-refractivity contribution in [3.05, 3.63) is 58.9 Å².